The Bertz CT molecular complexity index is 719. The van der Waals surface area contributed by atoms with Crippen molar-refractivity contribution in [1.29, 1.82) is 0 Å². The number of nitrogen functional groups attached to an aromatic ring is 1. The smallest absolute Gasteiger partial charge is 0.340 e. The molecule has 1 aromatic carbocycles. The number of nitrogens with zero attached hydrogens (tertiary/aromatic N) is 2. The fourth-order valence-electron chi connectivity index (χ4n) is 4.07. The van der Waals surface area contributed by atoms with E-state index >= 15 is 0 Å². The second kappa shape index (κ2) is 7.72. The molecule has 2 atom stereocenters. The van der Waals surface area contributed by atoms with E-state index in [4.69, 9.17) is 10.5 Å². The largest absolute Gasteiger partial charge is 0.452 e. The van der Waals surface area contributed by atoms with Gasteiger partial charge in [0.25, 0.3) is 11.6 Å². The van der Waals surface area contributed by atoms with Gasteiger partial charge < -0.3 is 15.4 Å². The van der Waals surface area contributed by atoms with Gasteiger partial charge in [-0.1, -0.05) is 12.8 Å². The van der Waals surface area contributed by atoms with Crippen molar-refractivity contribution >= 4 is 23.3 Å². The van der Waals surface area contributed by atoms with Crippen LogP contribution in [-0.2, 0) is 9.53 Å². The molecule has 0 radical (unpaired) electrons. The van der Waals surface area contributed by atoms with Gasteiger partial charge in [-0.3, -0.25) is 14.9 Å². The lowest BCUT2D eigenvalue weighted by Crippen LogP contribution is -2.50. The van der Waals surface area contributed by atoms with E-state index in [9.17, 15) is 19.7 Å². The molecule has 0 unspecified atom stereocenters. The molecule has 2 aliphatic rings. The van der Waals surface area contributed by atoms with Crippen LogP contribution in [0.3, 0.4) is 0 Å². The van der Waals surface area contributed by atoms with Crippen LogP contribution in [0.5, 0.6) is 0 Å². The number of non-ortho nitro benzene ring substituents is 1. The number of nitrogens with two attached hydrogens (primary N) is 1. The third kappa shape index (κ3) is 3.79. The summed E-state index contributed by atoms with van der Waals surface area (Å²) < 4.78 is 5.12. The molecule has 8 heteroatoms. The number of likely N-dealkylation sites (tertiary alicyclic amines) is 1. The molecule has 0 bridgehead atoms. The quantitative estimate of drug-likeness (QED) is 0.381. The number of anilines is 1. The van der Waals surface area contributed by atoms with Crippen LogP contribution in [0.25, 0.3) is 0 Å². The molecule has 1 saturated carbocycles. The van der Waals surface area contributed by atoms with Gasteiger partial charge in [0.2, 0.25) is 0 Å². The van der Waals surface area contributed by atoms with E-state index in [1.807, 2.05) is 4.90 Å². The lowest BCUT2D eigenvalue weighted by Gasteiger charge is -2.44. The van der Waals surface area contributed by atoms with E-state index in [0.29, 0.717) is 12.5 Å². The summed E-state index contributed by atoms with van der Waals surface area (Å²) in [5.41, 5.74) is 5.48. The maximum absolute atomic E-state index is 12.5. The highest BCUT2D eigenvalue weighted by Crippen LogP contribution is 2.35. The predicted molar refractivity (Wildman–Crippen MR) is 94.5 cm³/mol. The Kier molecular flexibility index (Phi) is 5.39. The van der Waals surface area contributed by atoms with Crippen molar-refractivity contribution in [3.8, 4) is 0 Å². The Balaban J connectivity index is 1.60. The second-order valence-corrected chi connectivity index (χ2v) is 6.95. The van der Waals surface area contributed by atoms with Gasteiger partial charge in [0.15, 0.2) is 6.61 Å². The molecule has 1 heterocycles. The molecule has 1 aliphatic carbocycles. The zero-order valence-corrected chi connectivity index (χ0v) is 14.6. The third-order valence-electron chi connectivity index (χ3n) is 5.36. The van der Waals surface area contributed by atoms with E-state index in [1.54, 1.807) is 0 Å². The van der Waals surface area contributed by atoms with Crippen LogP contribution in [-0.4, -0.2) is 40.9 Å². The molecule has 1 saturated heterocycles. The standard InChI is InChI=1S/C18H23N3O5/c19-15-10-13(21(24)25)7-8-14(15)18(23)26-11-17(22)20-9-3-5-12-4-1-2-6-16(12)20/h7-8,10,12,16H,1-6,9,11,19H2/t12-,16-/m0/s1. The minimum absolute atomic E-state index is 0.0255. The first-order chi connectivity index (χ1) is 12.5. The summed E-state index contributed by atoms with van der Waals surface area (Å²) in [4.78, 5) is 36.7. The Morgan fingerprint density at radius 2 is 1.96 bits per heavy atom. The van der Waals surface area contributed by atoms with E-state index in [-0.39, 0.29) is 35.5 Å². The number of esters is 1. The Hall–Kier alpha value is -2.64. The van der Waals surface area contributed by atoms with Crippen LogP contribution in [0.1, 0.15) is 48.9 Å². The van der Waals surface area contributed by atoms with Gasteiger partial charge in [-0.25, -0.2) is 4.79 Å². The number of nitro benzene ring substituents is 1. The maximum Gasteiger partial charge on any atom is 0.340 e. The monoisotopic (exact) mass is 361 g/mol. The molecule has 0 spiro atoms. The number of hydrogen-bond acceptors (Lipinski definition) is 6. The number of benzene rings is 1. The molecule has 1 aliphatic heterocycles. The van der Waals surface area contributed by atoms with Gasteiger partial charge in [-0.05, 0) is 37.7 Å². The zero-order chi connectivity index (χ0) is 18.7. The molecule has 2 N–H and O–H groups in total. The number of piperidine rings is 1. The first-order valence-electron chi connectivity index (χ1n) is 8.98. The van der Waals surface area contributed by atoms with Crippen LogP contribution in [0.4, 0.5) is 11.4 Å². The van der Waals surface area contributed by atoms with Crippen molar-refractivity contribution in [3.63, 3.8) is 0 Å². The zero-order valence-electron chi connectivity index (χ0n) is 14.6. The summed E-state index contributed by atoms with van der Waals surface area (Å²) in [5.74, 6) is -0.374. The Morgan fingerprint density at radius 1 is 1.23 bits per heavy atom. The van der Waals surface area contributed by atoms with Crippen LogP contribution < -0.4 is 5.73 Å². The first kappa shape index (κ1) is 18.2. The number of nitro groups is 1. The summed E-state index contributed by atoms with van der Waals surface area (Å²) in [6.45, 7) is 0.371. The van der Waals surface area contributed by atoms with Crippen molar-refractivity contribution in [3.05, 3.63) is 33.9 Å². The van der Waals surface area contributed by atoms with Crippen molar-refractivity contribution < 1.29 is 19.2 Å². The van der Waals surface area contributed by atoms with E-state index in [2.05, 4.69) is 0 Å². The summed E-state index contributed by atoms with van der Waals surface area (Å²) >= 11 is 0. The van der Waals surface area contributed by atoms with Gasteiger partial charge in [0.1, 0.15) is 0 Å². The fourth-order valence-corrected chi connectivity index (χ4v) is 4.07. The summed E-state index contributed by atoms with van der Waals surface area (Å²) in [6, 6.07) is 3.80. The molecule has 0 aromatic heterocycles. The number of rotatable bonds is 4. The van der Waals surface area contributed by atoms with Crippen molar-refractivity contribution in [2.75, 3.05) is 18.9 Å². The van der Waals surface area contributed by atoms with Crippen molar-refractivity contribution in [2.45, 2.75) is 44.6 Å². The number of ether oxygens (including phenoxy) is 1. The molecule has 140 valence electrons. The minimum Gasteiger partial charge on any atom is -0.452 e. The lowest BCUT2D eigenvalue weighted by atomic mass is 9.78. The highest BCUT2D eigenvalue weighted by atomic mass is 16.6. The molecule has 3 rings (SSSR count). The average molecular weight is 361 g/mol. The molecule has 2 fully saturated rings. The van der Waals surface area contributed by atoms with Crippen molar-refractivity contribution in [1.82, 2.24) is 4.90 Å². The number of amides is 1. The van der Waals surface area contributed by atoms with E-state index < -0.39 is 10.9 Å². The van der Waals surface area contributed by atoms with Crippen LogP contribution >= 0.6 is 0 Å². The van der Waals surface area contributed by atoms with Crippen LogP contribution in [0.2, 0.25) is 0 Å². The fraction of sp³-hybridized carbons (Fsp3) is 0.556. The highest BCUT2D eigenvalue weighted by Gasteiger charge is 2.35. The van der Waals surface area contributed by atoms with Crippen molar-refractivity contribution in [2.24, 2.45) is 5.92 Å². The molecule has 1 aromatic rings. The van der Waals surface area contributed by atoms with Gasteiger partial charge in [-0.15, -0.1) is 0 Å². The highest BCUT2D eigenvalue weighted by molar-refractivity contribution is 5.96. The summed E-state index contributed by atoms with van der Waals surface area (Å²) in [7, 11) is 0. The minimum atomic E-state index is -0.747. The molecular weight excluding hydrogens is 338 g/mol. The Morgan fingerprint density at radius 3 is 2.69 bits per heavy atom. The lowest BCUT2D eigenvalue weighted by molar-refractivity contribution is -0.384. The topological polar surface area (TPSA) is 116 Å². The normalized spacial score (nSPS) is 22.4. The van der Waals surface area contributed by atoms with Gasteiger partial charge in [0, 0.05) is 24.7 Å². The molecule has 8 nitrogen and oxygen atoms in total. The number of fused-ring (bicyclic) bond motifs is 1. The first-order valence-corrected chi connectivity index (χ1v) is 8.98. The number of carbonyl (C=O) groups is 2. The number of hydrogen-bond donors (Lipinski definition) is 1. The van der Waals surface area contributed by atoms with Gasteiger partial charge >= 0.3 is 5.97 Å². The molecule has 26 heavy (non-hydrogen) atoms. The second-order valence-electron chi connectivity index (χ2n) is 6.95. The van der Waals surface area contributed by atoms with E-state index in [0.717, 1.165) is 38.2 Å². The summed E-state index contributed by atoms with van der Waals surface area (Å²) in [5, 5.41) is 10.7. The van der Waals surface area contributed by atoms with E-state index in [1.165, 1.54) is 18.6 Å². The third-order valence-corrected chi connectivity index (χ3v) is 5.36. The SMILES string of the molecule is Nc1cc([N+](=O)[O-])ccc1C(=O)OCC(=O)N1CCC[C@@H]2CCCC[C@@H]21. The van der Waals surface area contributed by atoms with Crippen LogP contribution in [0.15, 0.2) is 18.2 Å². The van der Waals surface area contributed by atoms with Gasteiger partial charge in [0.05, 0.1) is 16.2 Å². The summed E-state index contributed by atoms with van der Waals surface area (Å²) in [6.07, 6.45) is 6.67. The number of carbonyl (C=O) groups excluding carboxylic acids is 2. The predicted octanol–water partition coefficient (Wildman–Crippen LogP) is 2.52. The van der Waals surface area contributed by atoms with Crippen LogP contribution in [0, 0.1) is 16.0 Å². The molecule has 1 amide bonds. The Labute approximate surface area is 151 Å². The maximum atomic E-state index is 12.5. The van der Waals surface area contributed by atoms with Gasteiger partial charge in [-0.2, -0.15) is 0 Å². The molecular formula is C18H23N3O5. The average Bonchev–Trinajstić information content (AvgIpc) is 2.65.